The average Bonchev–Trinajstić information content (AvgIpc) is 2.89. The molecule has 0 spiro atoms. The lowest BCUT2D eigenvalue weighted by Crippen LogP contribution is -2.56. The normalized spacial score (nSPS) is 14.3. The van der Waals surface area contributed by atoms with Crippen LogP contribution in [0.25, 0.3) is 11.4 Å². The third-order valence-corrected chi connectivity index (χ3v) is 6.21. The molecule has 1 atom stereocenters. The second kappa shape index (κ2) is 13.6. The van der Waals surface area contributed by atoms with E-state index in [4.69, 9.17) is 21.1 Å². The number of aryl methyl sites for hydroxylation is 1. The van der Waals surface area contributed by atoms with E-state index in [0.717, 1.165) is 5.56 Å². The number of hydrogen-bond donors (Lipinski definition) is 1. The van der Waals surface area contributed by atoms with Crippen LogP contribution in [0.5, 0.6) is 0 Å². The van der Waals surface area contributed by atoms with E-state index >= 15 is 0 Å². The average molecular weight is 574 g/mol. The van der Waals surface area contributed by atoms with Crippen LogP contribution in [-0.2, 0) is 19.1 Å². The van der Waals surface area contributed by atoms with Crippen molar-refractivity contribution < 1.29 is 28.7 Å². The molecular weight excluding hydrogens is 538 g/mol. The van der Waals surface area contributed by atoms with Crippen molar-refractivity contribution in [2.45, 2.75) is 59.1 Å². The number of rotatable bonds is 8. The number of nitrogens with one attached hydrogen (secondary N) is 1. The number of piperazine rings is 1. The van der Waals surface area contributed by atoms with Crippen molar-refractivity contribution >= 4 is 35.5 Å². The zero-order chi connectivity index (χ0) is 29.4. The van der Waals surface area contributed by atoms with Crippen molar-refractivity contribution in [3.63, 3.8) is 0 Å². The van der Waals surface area contributed by atoms with Crippen molar-refractivity contribution in [2.24, 2.45) is 0 Å². The van der Waals surface area contributed by atoms with Crippen LogP contribution < -0.4 is 5.32 Å². The zero-order valence-electron chi connectivity index (χ0n) is 23.5. The molecule has 216 valence electrons. The van der Waals surface area contributed by atoms with Gasteiger partial charge in [-0.2, -0.15) is 0 Å². The Morgan fingerprint density at radius 3 is 2.25 bits per heavy atom. The summed E-state index contributed by atoms with van der Waals surface area (Å²) < 4.78 is 10.4. The largest absolute Gasteiger partial charge is 0.460 e. The summed E-state index contributed by atoms with van der Waals surface area (Å²) in [5.74, 6) is -1.23. The van der Waals surface area contributed by atoms with Crippen LogP contribution in [-0.4, -0.2) is 88.1 Å². The zero-order valence-corrected chi connectivity index (χ0v) is 24.3. The highest BCUT2D eigenvalue weighted by molar-refractivity contribution is 6.29. The molecular formula is C28H36ClN5O6. The molecule has 1 fully saturated rings. The minimum Gasteiger partial charge on any atom is -0.460 e. The predicted octanol–water partition coefficient (Wildman–Crippen LogP) is 3.63. The Bertz CT molecular complexity index is 1220. The van der Waals surface area contributed by atoms with Gasteiger partial charge in [0.1, 0.15) is 22.5 Å². The smallest absolute Gasteiger partial charge is 0.409 e. The Kier molecular flexibility index (Phi) is 10.4. The Balaban J connectivity index is 1.77. The van der Waals surface area contributed by atoms with E-state index < -0.39 is 29.6 Å². The summed E-state index contributed by atoms with van der Waals surface area (Å²) in [7, 11) is 0. The van der Waals surface area contributed by atoms with Gasteiger partial charge in [0.05, 0.1) is 6.61 Å². The van der Waals surface area contributed by atoms with E-state index in [2.05, 4.69) is 15.3 Å². The molecule has 0 radical (unpaired) electrons. The minimum absolute atomic E-state index is 0.0151. The summed E-state index contributed by atoms with van der Waals surface area (Å²) in [6.45, 7) is 10.3. The molecule has 1 unspecified atom stereocenters. The predicted molar refractivity (Wildman–Crippen MR) is 149 cm³/mol. The summed E-state index contributed by atoms with van der Waals surface area (Å²) in [5, 5.41) is 2.80. The lowest BCUT2D eigenvalue weighted by molar-refractivity contribution is -0.155. The SMILES string of the molecule is CCOC(=O)N1CCN(C(=O)C(CCC(=O)OC(C)(C)C)NC(=O)c2cc(Cl)nc(-c3ccc(C)cc3)n2)CC1. The summed E-state index contributed by atoms with van der Waals surface area (Å²) in [6.07, 6.45) is -0.508. The Morgan fingerprint density at radius 2 is 1.65 bits per heavy atom. The molecule has 1 aromatic heterocycles. The van der Waals surface area contributed by atoms with Gasteiger partial charge >= 0.3 is 12.1 Å². The minimum atomic E-state index is -1.04. The first kappa shape index (κ1) is 30.8. The van der Waals surface area contributed by atoms with Crippen LogP contribution in [0.4, 0.5) is 4.79 Å². The highest BCUT2D eigenvalue weighted by Gasteiger charge is 2.32. The summed E-state index contributed by atoms with van der Waals surface area (Å²) in [5.41, 5.74) is 1.03. The van der Waals surface area contributed by atoms with E-state index in [0.29, 0.717) is 18.7 Å². The van der Waals surface area contributed by atoms with Crippen molar-refractivity contribution in [1.82, 2.24) is 25.1 Å². The third kappa shape index (κ3) is 8.90. The Labute approximate surface area is 239 Å². The van der Waals surface area contributed by atoms with Gasteiger partial charge in [0.15, 0.2) is 5.82 Å². The molecule has 2 aromatic rings. The molecule has 12 heteroatoms. The fourth-order valence-corrected chi connectivity index (χ4v) is 4.24. The van der Waals surface area contributed by atoms with E-state index in [1.165, 1.54) is 11.0 Å². The summed E-state index contributed by atoms with van der Waals surface area (Å²) in [4.78, 5) is 63.0. The molecule has 1 N–H and O–H groups in total. The van der Waals surface area contributed by atoms with Gasteiger partial charge in [-0.1, -0.05) is 41.4 Å². The van der Waals surface area contributed by atoms with Crippen LogP contribution in [0.1, 0.15) is 56.6 Å². The Hall–Kier alpha value is -3.73. The Morgan fingerprint density at radius 1 is 1.02 bits per heavy atom. The van der Waals surface area contributed by atoms with Crippen LogP contribution >= 0.6 is 11.6 Å². The standard InChI is InChI=1S/C28H36ClN5O6/c1-6-39-27(38)34-15-13-33(14-16-34)26(37)20(11-12-23(35)40-28(3,4)5)31-25(36)21-17-22(29)32-24(30-21)19-9-7-18(2)8-10-19/h7-10,17,20H,6,11-16H2,1-5H3,(H,31,36). The molecule has 40 heavy (non-hydrogen) atoms. The van der Waals surface area contributed by atoms with E-state index in [9.17, 15) is 19.2 Å². The molecule has 0 bridgehead atoms. The molecule has 2 heterocycles. The van der Waals surface area contributed by atoms with Gasteiger partial charge in [-0.15, -0.1) is 0 Å². The van der Waals surface area contributed by atoms with Crippen LogP contribution in [0.3, 0.4) is 0 Å². The molecule has 11 nitrogen and oxygen atoms in total. The number of hydrogen-bond acceptors (Lipinski definition) is 8. The van der Waals surface area contributed by atoms with Crippen molar-refractivity contribution in [3.05, 3.63) is 46.7 Å². The molecule has 1 aliphatic heterocycles. The number of benzene rings is 1. The number of amides is 3. The molecule has 1 aromatic carbocycles. The third-order valence-electron chi connectivity index (χ3n) is 6.02. The molecule has 3 amide bonds. The number of nitrogens with zero attached hydrogens (tertiary/aromatic N) is 4. The van der Waals surface area contributed by atoms with Gasteiger partial charge in [0.2, 0.25) is 5.91 Å². The van der Waals surface area contributed by atoms with E-state index in [1.807, 2.05) is 31.2 Å². The lowest BCUT2D eigenvalue weighted by Gasteiger charge is -2.36. The maximum Gasteiger partial charge on any atom is 0.409 e. The van der Waals surface area contributed by atoms with Gasteiger partial charge in [-0.25, -0.2) is 14.8 Å². The van der Waals surface area contributed by atoms with Crippen molar-refractivity contribution in [1.29, 1.82) is 0 Å². The number of halogens is 1. The fourth-order valence-electron chi connectivity index (χ4n) is 4.05. The summed E-state index contributed by atoms with van der Waals surface area (Å²) in [6, 6.07) is 7.73. The molecule has 0 aliphatic carbocycles. The second-order valence-corrected chi connectivity index (χ2v) is 10.8. The van der Waals surface area contributed by atoms with Crippen molar-refractivity contribution in [3.8, 4) is 11.4 Å². The lowest BCUT2D eigenvalue weighted by atomic mass is 10.1. The van der Waals surface area contributed by atoms with Gasteiger partial charge in [-0.3, -0.25) is 14.4 Å². The first-order chi connectivity index (χ1) is 18.9. The number of carbonyl (C=O) groups is 4. The van der Waals surface area contributed by atoms with Crippen LogP contribution in [0, 0.1) is 6.92 Å². The van der Waals surface area contributed by atoms with E-state index in [-0.39, 0.29) is 55.1 Å². The number of carbonyl (C=O) groups excluding carboxylic acids is 4. The molecule has 0 saturated carbocycles. The monoisotopic (exact) mass is 573 g/mol. The molecule has 1 saturated heterocycles. The highest BCUT2D eigenvalue weighted by Crippen LogP contribution is 2.19. The van der Waals surface area contributed by atoms with E-state index in [1.54, 1.807) is 32.6 Å². The quantitative estimate of drug-likeness (QED) is 0.374. The topological polar surface area (TPSA) is 131 Å². The number of aromatic nitrogens is 2. The first-order valence-corrected chi connectivity index (χ1v) is 13.6. The van der Waals surface area contributed by atoms with Gasteiger partial charge in [0, 0.05) is 44.2 Å². The maximum atomic E-state index is 13.5. The van der Waals surface area contributed by atoms with Crippen LogP contribution in [0.15, 0.2) is 30.3 Å². The summed E-state index contributed by atoms with van der Waals surface area (Å²) >= 11 is 6.21. The fraction of sp³-hybridized carbons (Fsp3) is 0.500. The molecule has 3 rings (SSSR count). The number of esters is 1. The number of ether oxygens (including phenoxy) is 2. The van der Waals surface area contributed by atoms with Gasteiger partial charge in [0.25, 0.3) is 5.91 Å². The van der Waals surface area contributed by atoms with Crippen molar-refractivity contribution in [2.75, 3.05) is 32.8 Å². The van der Waals surface area contributed by atoms with Gasteiger partial charge in [-0.05, 0) is 41.0 Å². The maximum absolute atomic E-state index is 13.5. The van der Waals surface area contributed by atoms with Gasteiger partial charge < -0.3 is 24.6 Å². The molecule has 1 aliphatic rings. The van der Waals surface area contributed by atoms with Crippen LogP contribution in [0.2, 0.25) is 5.15 Å². The first-order valence-electron chi connectivity index (χ1n) is 13.2. The second-order valence-electron chi connectivity index (χ2n) is 10.4. The highest BCUT2D eigenvalue weighted by atomic mass is 35.5.